The Morgan fingerprint density at radius 1 is 1.06 bits per heavy atom. The van der Waals surface area contributed by atoms with Gasteiger partial charge in [0.2, 0.25) is 11.1 Å². The molecule has 9 nitrogen and oxygen atoms in total. The van der Waals surface area contributed by atoms with E-state index in [9.17, 15) is 4.79 Å². The predicted molar refractivity (Wildman–Crippen MR) is 192 cm³/mol. The Morgan fingerprint density at radius 2 is 1.81 bits per heavy atom. The van der Waals surface area contributed by atoms with Gasteiger partial charge in [-0.25, -0.2) is 4.68 Å². The van der Waals surface area contributed by atoms with E-state index >= 15 is 0 Å². The van der Waals surface area contributed by atoms with E-state index in [4.69, 9.17) is 24.3 Å². The van der Waals surface area contributed by atoms with Gasteiger partial charge in [0.25, 0.3) is 5.91 Å². The predicted octanol–water partition coefficient (Wildman–Crippen LogP) is 8.75. The first-order chi connectivity index (χ1) is 22.5. The van der Waals surface area contributed by atoms with Gasteiger partial charge in [-0.1, -0.05) is 75.9 Å². The number of carbonyl (C=O) groups is 1. The molecule has 2 heterocycles. The molecule has 2 N–H and O–H groups in total. The third kappa shape index (κ3) is 7.79. The molecular weight excluding hydrogens is 678 g/mol. The quantitative estimate of drug-likeness (QED) is 0.140. The summed E-state index contributed by atoms with van der Waals surface area (Å²) in [5.74, 6) is 2.85. The first kappa shape index (κ1) is 34.4. The second kappa shape index (κ2) is 14.9. The number of methoxy groups -OCH3 is 1. The minimum Gasteiger partial charge on any atom is -0.493 e. The van der Waals surface area contributed by atoms with Gasteiger partial charge in [-0.3, -0.25) is 4.79 Å². The van der Waals surface area contributed by atoms with E-state index in [-0.39, 0.29) is 11.3 Å². The maximum absolute atomic E-state index is 14.2. The molecule has 4 aromatic rings. The molecule has 1 aromatic heterocycles. The summed E-state index contributed by atoms with van der Waals surface area (Å²) in [5, 5.41) is 11.9. The number of thioether (sulfide) groups is 1. The molecule has 248 valence electrons. The lowest BCUT2D eigenvalue weighted by Crippen LogP contribution is -2.31. The van der Waals surface area contributed by atoms with Gasteiger partial charge in [0.05, 0.1) is 29.4 Å². The lowest BCUT2D eigenvalue weighted by molar-refractivity contribution is -0.113. The number of ether oxygens (including phenoxy) is 3. The summed E-state index contributed by atoms with van der Waals surface area (Å²) in [6.45, 7) is 13.3. The largest absolute Gasteiger partial charge is 0.493 e. The molecule has 5 rings (SSSR count). The Bertz CT molecular complexity index is 1760. The van der Waals surface area contributed by atoms with Crippen LogP contribution in [0.15, 0.2) is 81.6 Å². The zero-order chi connectivity index (χ0) is 33.7. The summed E-state index contributed by atoms with van der Waals surface area (Å²) < 4.78 is 20.4. The minimum atomic E-state index is -0.613. The van der Waals surface area contributed by atoms with Gasteiger partial charge in [0, 0.05) is 11.4 Å². The molecule has 1 unspecified atom stereocenters. The van der Waals surface area contributed by atoms with Crippen molar-refractivity contribution >= 4 is 45.2 Å². The van der Waals surface area contributed by atoms with Crippen LogP contribution in [-0.2, 0) is 16.8 Å². The number of hydrogen-bond acceptors (Lipinski definition) is 8. The number of para-hydroxylation sites is 2. The van der Waals surface area contributed by atoms with E-state index in [1.165, 1.54) is 5.56 Å². The molecule has 0 radical (unpaired) electrons. The second-order valence-electron chi connectivity index (χ2n) is 12.2. The molecular formula is C36H42BrN5O4S. The smallest absolute Gasteiger partial charge is 0.255 e. The van der Waals surface area contributed by atoms with Crippen LogP contribution in [0.2, 0.25) is 0 Å². The molecule has 0 bridgehead atoms. The first-order valence-electron chi connectivity index (χ1n) is 15.7. The Labute approximate surface area is 289 Å². The highest BCUT2D eigenvalue weighted by Gasteiger charge is 2.36. The van der Waals surface area contributed by atoms with E-state index in [0.29, 0.717) is 63.0 Å². The molecule has 1 atom stereocenters. The zero-order valence-corrected chi connectivity index (χ0v) is 30.3. The number of allylic oxidation sites excluding steroid dienone is 1. The van der Waals surface area contributed by atoms with Crippen LogP contribution in [0.1, 0.15) is 70.7 Å². The van der Waals surface area contributed by atoms with Gasteiger partial charge in [-0.05, 0) is 82.6 Å². The average Bonchev–Trinajstić information content (AvgIpc) is 3.45. The molecule has 0 fully saturated rings. The summed E-state index contributed by atoms with van der Waals surface area (Å²) in [6.07, 6.45) is 0.988. The Hall–Kier alpha value is -3.96. The SMILES string of the molecule is CCCSc1nc2n(n1)C(c1cc(Br)c(OCc3ccc(C(C)(C)C)cc3)c(OC)c1)C(C(=O)Nc1ccccc1OCC)=C(C)N2. The number of halogens is 1. The summed E-state index contributed by atoms with van der Waals surface area (Å²) in [6, 6.07) is 19.1. The number of benzene rings is 3. The molecule has 0 saturated heterocycles. The van der Waals surface area contributed by atoms with Crippen molar-refractivity contribution in [2.45, 2.75) is 71.2 Å². The maximum Gasteiger partial charge on any atom is 0.255 e. The standard InChI is InChI=1S/C36H42BrN5O4S/c1-8-18-47-35-40-34-38-22(3)30(33(43)39-27-12-10-11-13-28(27)45-9-2)31(42(34)41-35)24-19-26(37)32(29(20-24)44-7)46-21-23-14-16-25(17-15-23)36(4,5)6/h10-17,19-20,31H,8-9,18,21H2,1-7H3,(H,39,43)(H,38,40,41). The summed E-state index contributed by atoms with van der Waals surface area (Å²) >= 11 is 5.32. The monoisotopic (exact) mass is 719 g/mol. The highest BCUT2D eigenvalue weighted by atomic mass is 79.9. The van der Waals surface area contributed by atoms with Gasteiger partial charge >= 0.3 is 0 Å². The third-order valence-electron chi connectivity index (χ3n) is 7.72. The van der Waals surface area contributed by atoms with Gasteiger partial charge in [-0.2, -0.15) is 4.98 Å². The fraction of sp³-hybridized carbons (Fsp3) is 0.361. The van der Waals surface area contributed by atoms with Crippen molar-refractivity contribution in [3.63, 3.8) is 0 Å². The second-order valence-corrected chi connectivity index (χ2v) is 14.1. The molecule has 0 spiro atoms. The topological polar surface area (TPSA) is 99.5 Å². The number of carbonyl (C=O) groups excluding carboxylic acids is 1. The zero-order valence-electron chi connectivity index (χ0n) is 27.9. The van der Waals surface area contributed by atoms with Crippen molar-refractivity contribution in [3.05, 3.63) is 93.1 Å². The molecule has 3 aromatic carbocycles. The van der Waals surface area contributed by atoms with Crippen molar-refractivity contribution in [1.29, 1.82) is 0 Å². The highest BCUT2D eigenvalue weighted by Crippen LogP contribution is 2.44. The normalized spacial score (nSPS) is 14.3. The van der Waals surface area contributed by atoms with Crippen LogP contribution < -0.4 is 24.8 Å². The van der Waals surface area contributed by atoms with E-state index in [1.807, 2.05) is 50.2 Å². The summed E-state index contributed by atoms with van der Waals surface area (Å²) in [7, 11) is 1.61. The number of aromatic nitrogens is 3. The Balaban J connectivity index is 1.51. The van der Waals surface area contributed by atoms with Crippen molar-refractivity contribution in [2.75, 3.05) is 30.1 Å². The third-order valence-corrected chi connectivity index (χ3v) is 9.35. The van der Waals surface area contributed by atoms with Crippen LogP contribution in [0.3, 0.4) is 0 Å². The summed E-state index contributed by atoms with van der Waals surface area (Å²) in [5.41, 5.74) is 4.90. The lowest BCUT2D eigenvalue weighted by atomic mass is 9.87. The van der Waals surface area contributed by atoms with Gasteiger partial charge < -0.3 is 24.8 Å². The molecule has 0 saturated carbocycles. The van der Waals surface area contributed by atoms with E-state index in [1.54, 1.807) is 23.6 Å². The summed E-state index contributed by atoms with van der Waals surface area (Å²) in [4.78, 5) is 18.9. The average molecular weight is 721 g/mol. The molecule has 0 aliphatic carbocycles. The fourth-order valence-corrected chi connectivity index (χ4v) is 6.58. The Kier molecular flexibility index (Phi) is 10.9. The van der Waals surface area contributed by atoms with E-state index in [0.717, 1.165) is 23.3 Å². The first-order valence-corrected chi connectivity index (χ1v) is 17.5. The van der Waals surface area contributed by atoms with E-state index in [2.05, 4.69) is 78.5 Å². The number of hydrogen-bond donors (Lipinski definition) is 2. The van der Waals surface area contributed by atoms with Gasteiger partial charge in [0.1, 0.15) is 18.4 Å². The van der Waals surface area contributed by atoms with Gasteiger partial charge in [0.15, 0.2) is 11.5 Å². The molecule has 11 heteroatoms. The van der Waals surface area contributed by atoms with Crippen LogP contribution in [-0.4, -0.2) is 40.1 Å². The minimum absolute atomic E-state index is 0.0742. The van der Waals surface area contributed by atoms with Crippen molar-refractivity contribution in [3.8, 4) is 17.2 Å². The van der Waals surface area contributed by atoms with Crippen LogP contribution in [0.25, 0.3) is 0 Å². The van der Waals surface area contributed by atoms with Crippen LogP contribution in [0.5, 0.6) is 17.2 Å². The number of nitrogens with one attached hydrogen (secondary N) is 2. The van der Waals surface area contributed by atoms with Crippen LogP contribution in [0, 0.1) is 0 Å². The molecule has 1 amide bonds. The Morgan fingerprint density at radius 3 is 2.49 bits per heavy atom. The number of fused-ring (bicyclic) bond motifs is 1. The van der Waals surface area contributed by atoms with Crippen LogP contribution in [0.4, 0.5) is 11.6 Å². The number of nitrogens with zero attached hydrogens (tertiary/aromatic N) is 3. The van der Waals surface area contributed by atoms with Crippen molar-refractivity contribution in [2.24, 2.45) is 0 Å². The number of rotatable bonds is 12. The van der Waals surface area contributed by atoms with Crippen molar-refractivity contribution < 1.29 is 19.0 Å². The highest BCUT2D eigenvalue weighted by molar-refractivity contribution is 9.10. The maximum atomic E-state index is 14.2. The van der Waals surface area contributed by atoms with Crippen molar-refractivity contribution in [1.82, 2.24) is 14.8 Å². The lowest BCUT2D eigenvalue weighted by Gasteiger charge is -2.29. The number of anilines is 2. The fourth-order valence-electron chi connectivity index (χ4n) is 5.32. The van der Waals surface area contributed by atoms with Gasteiger partial charge in [-0.15, -0.1) is 5.10 Å². The molecule has 47 heavy (non-hydrogen) atoms. The van der Waals surface area contributed by atoms with Crippen LogP contribution >= 0.6 is 27.7 Å². The van der Waals surface area contributed by atoms with E-state index < -0.39 is 6.04 Å². The molecule has 1 aliphatic heterocycles. The molecule has 1 aliphatic rings. The number of amides is 1.